The maximum Gasteiger partial charge on any atom is 0 e. The zero-order valence-electron chi connectivity index (χ0n) is 14.2. The summed E-state index contributed by atoms with van der Waals surface area (Å²) in [4.78, 5) is 0. The van der Waals surface area contributed by atoms with Crippen molar-refractivity contribution in [1.29, 1.82) is 0 Å². The van der Waals surface area contributed by atoms with Crippen LogP contribution in [0.3, 0.4) is 0 Å². The van der Waals surface area contributed by atoms with Crippen molar-refractivity contribution in [3.8, 4) is 0 Å². The van der Waals surface area contributed by atoms with E-state index in [-0.39, 0.29) is 1.43 Å². The van der Waals surface area contributed by atoms with Gasteiger partial charge in [0.25, 0.3) is 0 Å². The summed E-state index contributed by atoms with van der Waals surface area (Å²) in [7, 11) is 0. The van der Waals surface area contributed by atoms with E-state index < -0.39 is 0 Å². The molecule has 0 amide bonds. The van der Waals surface area contributed by atoms with E-state index in [1.54, 1.807) is 11.1 Å². The molecule has 1 aliphatic rings. The Hall–Kier alpha value is -1.30. The Morgan fingerprint density at radius 2 is 1.80 bits per heavy atom. The maximum absolute atomic E-state index is 2.33. The first kappa shape index (κ1) is 18.7. The maximum atomic E-state index is 2.33. The lowest BCUT2D eigenvalue weighted by molar-refractivity contribution is 0.710. The van der Waals surface area contributed by atoms with Gasteiger partial charge in [-0.15, -0.1) is 0 Å². The van der Waals surface area contributed by atoms with Crippen LogP contribution in [0.4, 0.5) is 0 Å². The number of hydrogen-bond donors (Lipinski definition) is 0. The second kappa shape index (κ2) is 11.5. The Labute approximate surface area is 128 Å². The lowest BCUT2D eigenvalue weighted by atomic mass is 9.95. The van der Waals surface area contributed by atoms with Crippen LogP contribution in [-0.2, 0) is 0 Å². The van der Waals surface area contributed by atoms with Crippen LogP contribution < -0.4 is 0 Å². The molecule has 1 aromatic carbocycles. The third kappa shape index (κ3) is 6.23. The first-order chi connectivity index (χ1) is 9.70. The van der Waals surface area contributed by atoms with E-state index in [2.05, 4.69) is 63.3 Å². The Kier molecular flexibility index (Phi) is 10.8. The van der Waals surface area contributed by atoms with Gasteiger partial charge in [-0.1, -0.05) is 75.8 Å². The van der Waals surface area contributed by atoms with E-state index in [0.29, 0.717) is 0 Å². The molecule has 0 saturated carbocycles. The summed E-state index contributed by atoms with van der Waals surface area (Å²) in [6.45, 7) is 12.8. The van der Waals surface area contributed by atoms with Crippen molar-refractivity contribution in [2.75, 3.05) is 0 Å². The molecule has 0 fully saturated rings. The van der Waals surface area contributed by atoms with Crippen LogP contribution in [0.15, 0.2) is 48.1 Å². The zero-order valence-corrected chi connectivity index (χ0v) is 14.2. The van der Waals surface area contributed by atoms with Gasteiger partial charge in [0.05, 0.1) is 0 Å². The lowest BCUT2D eigenvalue weighted by Crippen LogP contribution is -1.92. The summed E-state index contributed by atoms with van der Waals surface area (Å²) >= 11 is 0. The van der Waals surface area contributed by atoms with Crippen molar-refractivity contribution in [3.63, 3.8) is 0 Å². The highest BCUT2D eigenvalue weighted by Gasteiger charge is 2.19. The van der Waals surface area contributed by atoms with Crippen LogP contribution in [0.1, 0.15) is 67.8 Å². The average molecular weight is 274 g/mol. The fourth-order valence-electron chi connectivity index (χ4n) is 2.52. The molecule has 20 heavy (non-hydrogen) atoms. The summed E-state index contributed by atoms with van der Waals surface area (Å²) in [6, 6.07) is 10.8. The molecule has 0 aliphatic heterocycles. The summed E-state index contributed by atoms with van der Waals surface area (Å²) < 4.78 is 0. The van der Waals surface area contributed by atoms with Crippen molar-refractivity contribution >= 4 is 5.57 Å². The largest absolute Gasteiger partial charge is 0.0917 e. The van der Waals surface area contributed by atoms with Crippen LogP contribution in [0.2, 0.25) is 0 Å². The molecule has 0 nitrogen and oxygen atoms in total. The molecule has 1 aromatic rings. The molecule has 2 rings (SSSR count). The molecule has 0 heteroatoms. The molecule has 1 atom stereocenters. The van der Waals surface area contributed by atoms with Crippen LogP contribution in [-0.4, -0.2) is 0 Å². The number of allylic oxidation sites excluding steroid dienone is 4. The molecule has 0 radical (unpaired) electrons. The Morgan fingerprint density at radius 1 is 1.20 bits per heavy atom. The predicted molar refractivity (Wildman–Crippen MR) is 96.0 cm³/mol. The van der Waals surface area contributed by atoms with Gasteiger partial charge < -0.3 is 0 Å². The number of hydrogen-bond acceptors (Lipinski definition) is 0. The molecule has 0 unspecified atom stereocenters. The third-order valence-corrected chi connectivity index (χ3v) is 3.46. The molecule has 0 saturated heterocycles. The molecule has 0 bridgehead atoms. The van der Waals surface area contributed by atoms with Crippen LogP contribution in [0.5, 0.6) is 0 Å². The van der Waals surface area contributed by atoms with Gasteiger partial charge in [0.15, 0.2) is 0 Å². The minimum atomic E-state index is 0. The molecule has 1 aliphatic carbocycles. The SMILES string of the molecule is C/C=C/CC.CC.CC1=C(c2ccccc2)[C@H](C)CC1.[HH]. The van der Waals surface area contributed by atoms with Gasteiger partial charge in [-0.3, -0.25) is 0 Å². The van der Waals surface area contributed by atoms with E-state index in [1.165, 1.54) is 18.4 Å². The summed E-state index contributed by atoms with van der Waals surface area (Å²) in [6.07, 6.45) is 7.96. The fraction of sp³-hybridized carbons (Fsp3) is 0.500. The van der Waals surface area contributed by atoms with Crippen molar-refractivity contribution in [3.05, 3.63) is 53.6 Å². The fourth-order valence-corrected chi connectivity index (χ4v) is 2.52. The second-order valence-corrected chi connectivity index (χ2v) is 4.98. The van der Waals surface area contributed by atoms with Gasteiger partial charge in [-0.05, 0) is 50.2 Å². The first-order valence-electron chi connectivity index (χ1n) is 8.06. The van der Waals surface area contributed by atoms with Gasteiger partial charge in [0.2, 0.25) is 0 Å². The van der Waals surface area contributed by atoms with Crippen molar-refractivity contribution < 1.29 is 1.43 Å². The molecule has 0 N–H and O–H groups in total. The summed E-state index contributed by atoms with van der Waals surface area (Å²) in [5, 5.41) is 0. The topological polar surface area (TPSA) is 0 Å². The first-order valence-corrected chi connectivity index (χ1v) is 8.06. The molecule has 114 valence electrons. The minimum Gasteiger partial charge on any atom is -0.0917 e. The van der Waals surface area contributed by atoms with Crippen molar-refractivity contribution in [1.82, 2.24) is 0 Å². The van der Waals surface area contributed by atoms with E-state index in [9.17, 15) is 0 Å². The summed E-state index contributed by atoms with van der Waals surface area (Å²) in [5.41, 5.74) is 4.59. The molecule has 0 aromatic heterocycles. The van der Waals surface area contributed by atoms with Gasteiger partial charge in [-0.2, -0.15) is 0 Å². The van der Waals surface area contributed by atoms with Gasteiger partial charge in [-0.25, -0.2) is 0 Å². The average Bonchev–Trinajstić information content (AvgIpc) is 2.83. The zero-order chi connectivity index (χ0) is 15.4. The third-order valence-electron chi connectivity index (χ3n) is 3.46. The molecular weight excluding hydrogens is 240 g/mol. The summed E-state index contributed by atoms with van der Waals surface area (Å²) in [5.74, 6) is 0.752. The smallest absolute Gasteiger partial charge is 0 e. The minimum absolute atomic E-state index is 0. The lowest BCUT2D eigenvalue weighted by Gasteiger charge is -2.09. The highest BCUT2D eigenvalue weighted by Crippen LogP contribution is 2.37. The highest BCUT2D eigenvalue weighted by molar-refractivity contribution is 5.71. The standard InChI is InChI=1S/C13H16.C5H10.C2H6.H2/c1-10-8-9-11(2)13(10)12-6-4-3-5-7-12;1-3-5-4-2;1-2;/h3-7,10H,8-9H2,1-2H3;3,5H,4H2,1-2H3;1-2H3;1H/b;5-3+;;/t10-;;;/m1.../s1. The van der Waals surface area contributed by atoms with Crippen molar-refractivity contribution in [2.45, 2.75) is 60.8 Å². The Balaban J connectivity index is 0. The number of benzene rings is 1. The van der Waals surface area contributed by atoms with Gasteiger partial charge >= 0.3 is 0 Å². The Bertz CT molecular complexity index is 401. The molecular formula is C20H34. The van der Waals surface area contributed by atoms with Crippen LogP contribution in [0, 0.1) is 5.92 Å². The van der Waals surface area contributed by atoms with Crippen LogP contribution in [0.25, 0.3) is 5.57 Å². The quantitative estimate of drug-likeness (QED) is 0.503. The van der Waals surface area contributed by atoms with Crippen molar-refractivity contribution in [2.24, 2.45) is 5.92 Å². The Morgan fingerprint density at radius 3 is 2.15 bits per heavy atom. The normalized spacial score (nSPS) is 17.4. The molecule has 0 heterocycles. The van der Waals surface area contributed by atoms with Crippen LogP contribution >= 0.6 is 0 Å². The van der Waals surface area contributed by atoms with Gasteiger partial charge in [0, 0.05) is 1.43 Å². The number of rotatable bonds is 2. The highest BCUT2D eigenvalue weighted by atomic mass is 14.2. The van der Waals surface area contributed by atoms with E-state index in [4.69, 9.17) is 0 Å². The second-order valence-electron chi connectivity index (χ2n) is 4.98. The van der Waals surface area contributed by atoms with E-state index in [0.717, 1.165) is 12.3 Å². The predicted octanol–water partition coefficient (Wildman–Crippen LogP) is 7.13. The van der Waals surface area contributed by atoms with E-state index in [1.807, 2.05) is 20.8 Å². The monoisotopic (exact) mass is 274 g/mol. The van der Waals surface area contributed by atoms with Gasteiger partial charge in [0.1, 0.15) is 0 Å². The molecule has 0 spiro atoms. The van der Waals surface area contributed by atoms with E-state index >= 15 is 0 Å².